The van der Waals surface area contributed by atoms with Crippen molar-refractivity contribution in [2.45, 2.75) is 39.4 Å². The van der Waals surface area contributed by atoms with Gasteiger partial charge in [-0.2, -0.15) is 0 Å². The summed E-state index contributed by atoms with van der Waals surface area (Å²) in [4.78, 5) is 0. The Bertz CT molecular complexity index is 123. The van der Waals surface area contributed by atoms with E-state index in [-0.39, 0.29) is 6.10 Å². The van der Waals surface area contributed by atoms with E-state index >= 15 is 0 Å². The molecule has 1 saturated heterocycles. The fraction of sp³-hybridized carbons (Fsp3) is 1.00. The van der Waals surface area contributed by atoms with Gasteiger partial charge in [-0.05, 0) is 19.3 Å². The maximum Gasteiger partial charge on any atom is 0.0614 e. The van der Waals surface area contributed by atoms with Crippen molar-refractivity contribution in [3.05, 3.63) is 0 Å². The molecule has 1 aliphatic heterocycles. The highest BCUT2D eigenvalue weighted by atomic mass is 16.5. The number of ether oxygens (including phenoxy) is 1. The van der Waals surface area contributed by atoms with Crippen molar-refractivity contribution in [2.75, 3.05) is 6.61 Å². The van der Waals surface area contributed by atoms with Gasteiger partial charge in [0.2, 0.25) is 0 Å². The summed E-state index contributed by atoms with van der Waals surface area (Å²) in [5.41, 5.74) is 0. The molecule has 0 spiro atoms. The monoisotopic (exact) mass is 158 g/mol. The summed E-state index contributed by atoms with van der Waals surface area (Å²) in [6, 6.07) is 0. The molecule has 1 N–H and O–H groups in total. The minimum Gasteiger partial charge on any atom is -0.392 e. The standard InChI is InChI=1S/C9H18O2/c1-6(2)9(10)8-4-7(3)11-5-8/h6-10H,4-5H2,1-3H3. The van der Waals surface area contributed by atoms with Crippen molar-refractivity contribution in [3.63, 3.8) is 0 Å². The van der Waals surface area contributed by atoms with Crippen LogP contribution in [0.4, 0.5) is 0 Å². The molecule has 66 valence electrons. The van der Waals surface area contributed by atoms with Gasteiger partial charge in [0.1, 0.15) is 0 Å². The van der Waals surface area contributed by atoms with Gasteiger partial charge in [0.15, 0.2) is 0 Å². The van der Waals surface area contributed by atoms with Crippen LogP contribution in [-0.4, -0.2) is 23.9 Å². The van der Waals surface area contributed by atoms with Crippen LogP contribution in [0.2, 0.25) is 0 Å². The van der Waals surface area contributed by atoms with E-state index < -0.39 is 0 Å². The number of aliphatic hydroxyl groups is 1. The van der Waals surface area contributed by atoms with Gasteiger partial charge in [-0.1, -0.05) is 13.8 Å². The molecular weight excluding hydrogens is 140 g/mol. The number of aliphatic hydroxyl groups excluding tert-OH is 1. The molecular formula is C9H18O2. The lowest BCUT2D eigenvalue weighted by molar-refractivity contribution is 0.0517. The van der Waals surface area contributed by atoms with Gasteiger partial charge in [0, 0.05) is 5.92 Å². The van der Waals surface area contributed by atoms with Crippen LogP contribution >= 0.6 is 0 Å². The van der Waals surface area contributed by atoms with E-state index in [0.717, 1.165) is 13.0 Å². The van der Waals surface area contributed by atoms with Crippen molar-refractivity contribution < 1.29 is 9.84 Å². The smallest absolute Gasteiger partial charge is 0.0614 e. The molecule has 0 aromatic carbocycles. The predicted molar refractivity (Wildman–Crippen MR) is 44.4 cm³/mol. The summed E-state index contributed by atoms with van der Waals surface area (Å²) >= 11 is 0. The average molecular weight is 158 g/mol. The van der Waals surface area contributed by atoms with E-state index in [0.29, 0.717) is 17.9 Å². The molecule has 0 aromatic rings. The minimum atomic E-state index is -0.181. The molecule has 1 heterocycles. The van der Waals surface area contributed by atoms with Gasteiger partial charge >= 0.3 is 0 Å². The fourth-order valence-corrected chi connectivity index (χ4v) is 1.63. The summed E-state index contributed by atoms with van der Waals surface area (Å²) in [6.45, 7) is 6.90. The third kappa shape index (κ3) is 2.17. The molecule has 1 aliphatic rings. The molecule has 11 heavy (non-hydrogen) atoms. The predicted octanol–water partition coefficient (Wildman–Crippen LogP) is 1.43. The quantitative estimate of drug-likeness (QED) is 0.658. The zero-order valence-corrected chi connectivity index (χ0v) is 7.58. The maximum absolute atomic E-state index is 9.66. The molecule has 0 amide bonds. The van der Waals surface area contributed by atoms with Crippen LogP contribution in [0.3, 0.4) is 0 Å². The van der Waals surface area contributed by atoms with Crippen LogP contribution < -0.4 is 0 Å². The van der Waals surface area contributed by atoms with Gasteiger partial charge in [-0.25, -0.2) is 0 Å². The minimum absolute atomic E-state index is 0.181. The second-order valence-electron chi connectivity index (χ2n) is 3.87. The lowest BCUT2D eigenvalue weighted by Gasteiger charge is -2.19. The van der Waals surface area contributed by atoms with Crippen molar-refractivity contribution in [1.29, 1.82) is 0 Å². The molecule has 0 radical (unpaired) electrons. The first kappa shape index (κ1) is 9.01. The van der Waals surface area contributed by atoms with E-state index in [1.807, 2.05) is 13.8 Å². The van der Waals surface area contributed by atoms with Crippen molar-refractivity contribution in [1.82, 2.24) is 0 Å². The number of hydrogen-bond acceptors (Lipinski definition) is 2. The Morgan fingerprint density at radius 2 is 2.09 bits per heavy atom. The van der Waals surface area contributed by atoms with Gasteiger partial charge in [-0.15, -0.1) is 0 Å². The Morgan fingerprint density at radius 3 is 2.45 bits per heavy atom. The Labute approximate surface area is 68.6 Å². The first-order chi connectivity index (χ1) is 5.11. The third-order valence-corrected chi connectivity index (χ3v) is 2.40. The Morgan fingerprint density at radius 1 is 1.45 bits per heavy atom. The topological polar surface area (TPSA) is 29.5 Å². The van der Waals surface area contributed by atoms with Crippen LogP contribution in [0.5, 0.6) is 0 Å². The van der Waals surface area contributed by atoms with Crippen LogP contribution in [0.15, 0.2) is 0 Å². The Hall–Kier alpha value is -0.0800. The van der Waals surface area contributed by atoms with Crippen LogP contribution in [0.25, 0.3) is 0 Å². The molecule has 0 aromatic heterocycles. The first-order valence-corrected chi connectivity index (χ1v) is 4.41. The summed E-state index contributed by atoms with van der Waals surface area (Å²) in [5, 5.41) is 9.66. The van der Waals surface area contributed by atoms with E-state index in [4.69, 9.17) is 4.74 Å². The molecule has 0 bridgehead atoms. The highest BCUT2D eigenvalue weighted by molar-refractivity contribution is 4.78. The van der Waals surface area contributed by atoms with E-state index in [1.54, 1.807) is 0 Å². The largest absolute Gasteiger partial charge is 0.392 e. The molecule has 2 heteroatoms. The molecule has 0 aliphatic carbocycles. The maximum atomic E-state index is 9.66. The van der Waals surface area contributed by atoms with Crippen molar-refractivity contribution in [2.24, 2.45) is 11.8 Å². The van der Waals surface area contributed by atoms with Gasteiger partial charge in [-0.3, -0.25) is 0 Å². The van der Waals surface area contributed by atoms with E-state index in [9.17, 15) is 5.11 Å². The van der Waals surface area contributed by atoms with E-state index in [2.05, 4.69) is 6.92 Å². The lowest BCUT2D eigenvalue weighted by Crippen LogP contribution is -2.26. The number of rotatable bonds is 2. The summed E-state index contributed by atoms with van der Waals surface area (Å²) < 4.78 is 5.38. The third-order valence-electron chi connectivity index (χ3n) is 2.40. The Balaban J connectivity index is 2.36. The highest BCUT2D eigenvalue weighted by Crippen LogP contribution is 2.25. The zero-order valence-electron chi connectivity index (χ0n) is 7.58. The van der Waals surface area contributed by atoms with Gasteiger partial charge in [0.05, 0.1) is 18.8 Å². The van der Waals surface area contributed by atoms with Crippen LogP contribution in [-0.2, 0) is 4.74 Å². The Kier molecular flexibility index (Phi) is 2.90. The fourth-order valence-electron chi connectivity index (χ4n) is 1.63. The van der Waals surface area contributed by atoms with Gasteiger partial charge in [0.25, 0.3) is 0 Å². The molecule has 1 rings (SSSR count). The summed E-state index contributed by atoms with van der Waals surface area (Å²) in [6.07, 6.45) is 1.17. The normalized spacial score (nSPS) is 34.6. The second kappa shape index (κ2) is 3.55. The molecule has 3 atom stereocenters. The molecule has 3 unspecified atom stereocenters. The molecule has 2 nitrogen and oxygen atoms in total. The zero-order chi connectivity index (χ0) is 8.43. The summed E-state index contributed by atoms with van der Waals surface area (Å²) in [7, 11) is 0. The van der Waals surface area contributed by atoms with E-state index in [1.165, 1.54) is 0 Å². The number of hydrogen-bond donors (Lipinski definition) is 1. The lowest BCUT2D eigenvalue weighted by atomic mass is 9.91. The van der Waals surface area contributed by atoms with Crippen molar-refractivity contribution in [3.8, 4) is 0 Å². The van der Waals surface area contributed by atoms with Crippen molar-refractivity contribution >= 4 is 0 Å². The second-order valence-corrected chi connectivity index (χ2v) is 3.87. The summed E-state index contributed by atoms with van der Waals surface area (Å²) in [5.74, 6) is 0.721. The van der Waals surface area contributed by atoms with Crippen LogP contribution in [0.1, 0.15) is 27.2 Å². The van der Waals surface area contributed by atoms with Gasteiger partial charge < -0.3 is 9.84 Å². The molecule has 0 saturated carbocycles. The van der Waals surface area contributed by atoms with Crippen LogP contribution in [0, 0.1) is 11.8 Å². The average Bonchev–Trinajstić information content (AvgIpc) is 2.34. The SMILES string of the molecule is CC1CC(C(O)C(C)C)CO1. The highest BCUT2D eigenvalue weighted by Gasteiger charge is 2.29. The first-order valence-electron chi connectivity index (χ1n) is 4.41. The molecule has 1 fully saturated rings.